The van der Waals surface area contributed by atoms with E-state index in [0.29, 0.717) is 24.1 Å². The van der Waals surface area contributed by atoms with Gasteiger partial charge >= 0.3 is 0 Å². The van der Waals surface area contributed by atoms with Gasteiger partial charge in [0.05, 0.1) is 24.7 Å². The first-order chi connectivity index (χ1) is 17.3. The van der Waals surface area contributed by atoms with E-state index in [-0.39, 0.29) is 12.2 Å². The van der Waals surface area contributed by atoms with E-state index in [0.717, 1.165) is 55.1 Å². The summed E-state index contributed by atoms with van der Waals surface area (Å²) in [6, 6.07) is 6.16. The van der Waals surface area contributed by atoms with Crippen LogP contribution in [0.5, 0.6) is 11.5 Å². The minimum Gasteiger partial charge on any atom is -0.493 e. The number of primary amides is 1. The number of fused-ring (bicyclic) bond motifs is 3. The van der Waals surface area contributed by atoms with Crippen LogP contribution in [0, 0.1) is 0 Å². The number of methoxy groups -OCH3 is 1. The molecule has 1 amide bonds. The number of benzene rings is 1. The third kappa shape index (κ3) is 5.40. The second-order valence-corrected chi connectivity index (χ2v) is 11.1. The fraction of sp³-hybridized carbons (Fsp3) is 0.500. The number of ether oxygens (including phenoxy) is 3. The molecular weight excluding hydrogens is 478 g/mol. The Labute approximate surface area is 214 Å². The molecule has 0 saturated carbocycles. The number of likely N-dealkylation sites (tertiary alicyclic amines) is 1. The van der Waals surface area contributed by atoms with Crippen LogP contribution < -0.4 is 20.5 Å². The molecule has 3 aromatic rings. The lowest BCUT2D eigenvalue weighted by Crippen LogP contribution is -2.38. The van der Waals surface area contributed by atoms with Crippen molar-refractivity contribution < 1.29 is 19.0 Å². The van der Waals surface area contributed by atoms with Gasteiger partial charge in [-0.3, -0.25) is 9.69 Å². The minimum absolute atomic E-state index is 0.172. The number of anilines is 1. The first-order valence-corrected chi connectivity index (χ1v) is 13.1. The predicted molar refractivity (Wildman–Crippen MR) is 140 cm³/mol. The summed E-state index contributed by atoms with van der Waals surface area (Å²) in [5, 5.41) is 4.90. The number of hydrogen-bond acceptors (Lipinski definition) is 9. The minimum atomic E-state index is -0.517. The van der Waals surface area contributed by atoms with E-state index in [4.69, 9.17) is 19.9 Å². The van der Waals surface area contributed by atoms with Crippen LogP contribution in [-0.4, -0.2) is 59.2 Å². The highest BCUT2D eigenvalue weighted by Crippen LogP contribution is 2.40. The topological polar surface area (TPSA) is 112 Å². The molecule has 9 nitrogen and oxygen atoms in total. The van der Waals surface area contributed by atoms with Crippen LogP contribution in [0.4, 0.5) is 5.82 Å². The molecule has 192 valence electrons. The number of piperidine rings is 1. The van der Waals surface area contributed by atoms with Crippen LogP contribution in [0.15, 0.2) is 24.5 Å². The molecule has 0 aliphatic carbocycles. The van der Waals surface area contributed by atoms with Crippen molar-refractivity contribution >= 4 is 33.3 Å². The predicted octanol–water partition coefficient (Wildman–Crippen LogP) is 3.49. The molecule has 0 radical (unpaired) electrons. The van der Waals surface area contributed by atoms with E-state index in [1.165, 1.54) is 15.8 Å². The molecular formula is C26H33N5O4S. The van der Waals surface area contributed by atoms with E-state index >= 15 is 0 Å². The van der Waals surface area contributed by atoms with Crippen LogP contribution in [0.25, 0.3) is 10.2 Å². The summed E-state index contributed by atoms with van der Waals surface area (Å²) < 4.78 is 16.9. The number of nitrogens with two attached hydrogens (primary N) is 1. The van der Waals surface area contributed by atoms with Gasteiger partial charge in [0.2, 0.25) is 0 Å². The number of carbonyl (C=O) groups is 1. The van der Waals surface area contributed by atoms with Crippen LogP contribution in [-0.2, 0) is 29.1 Å². The van der Waals surface area contributed by atoms with Crippen molar-refractivity contribution in [3.05, 3.63) is 40.5 Å². The third-order valence-corrected chi connectivity index (χ3v) is 7.91. The van der Waals surface area contributed by atoms with Gasteiger partial charge in [-0.25, -0.2) is 9.97 Å². The summed E-state index contributed by atoms with van der Waals surface area (Å²) in [6.07, 6.45) is 4.60. The zero-order valence-electron chi connectivity index (χ0n) is 21.0. The van der Waals surface area contributed by atoms with E-state index in [1.807, 2.05) is 18.2 Å². The van der Waals surface area contributed by atoms with Gasteiger partial charge in [-0.15, -0.1) is 11.3 Å². The Morgan fingerprint density at radius 1 is 1.28 bits per heavy atom. The second kappa shape index (κ2) is 10.2. The number of thiophene rings is 1. The number of rotatable bonds is 8. The van der Waals surface area contributed by atoms with Gasteiger partial charge in [-0.05, 0) is 49.9 Å². The highest BCUT2D eigenvalue weighted by Gasteiger charge is 2.31. The number of nitrogens with one attached hydrogen (secondary N) is 1. The number of amides is 1. The number of aromatic nitrogens is 2. The SMILES string of the molecule is COc1cc(CN2CCC(Nc3ncnc4sc5c(c34)CC(C)(C)OC5)CC2)ccc1OCC(N)=O. The number of nitrogens with zero attached hydrogens (tertiary/aromatic N) is 3. The lowest BCUT2D eigenvalue weighted by molar-refractivity contribution is -0.119. The van der Waals surface area contributed by atoms with Gasteiger partial charge in [0.1, 0.15) is 17.0 Å². The van der Waals surface area contributed by atoms with Crippen molar-refractivity contribution in [2.75, 3.05) is 32.1 Å². The Morgan fingerprint density at radius 3 is 2.83 bits per heavy atom. The molecule has 0 bridgehead atoms. The summed E-state index contributed by atoms with van der Waals surface area (Å²) in [5.74, 6) is 1.55. The Balaban J connectivity index is 1.22. The summed E-state index contributed by atoms with van der Waals surface area (Å²) in [5.41, 5.74) is 7.48. The Bertz CT molecular complexity index is 1250. The average molecular weight is 512 g/mol. The fourth-order valence-electron chi connectivity index (χ4n) is 4.95. The van der Waals surface area contributed by atoms with Crippen molar-refractivity contribution in [1.82, 2.24) is 14.9 Å². The monoisotopic (exact) mass is 511 g/mol. The van der Waals surface area contributed by atoms with Crippen LogP contribution >= 0.6 is 11.3 Å². The Morgan fingerprint density at radius 2 is 2.08 bits per heavy atom. The number of hydrogen-bond donors (Lipinski definition) is 2. The lowest BCUT2D eigenvalue weighted by atomic mass is 9.94. The molecule has 2 aromatic heterocycles. The largest absolute Gasteiger partial charge is 0.493 e. The van der Waals surface area contributed by atoms with E-state index in [1.54, 1.807) is 24.8 Å². The molecule has 2 aliphatic rings. The third-order valence-electron chi connectivity index (χ3n) is 6.80. The summed E-state index contributed by atoms with van der Waals surface area (Å²) in [7, 11) is 1.59. The van der Waals surface area contributed by atoms with Crippen molar-refractivity contribution in [2.45, 2.75) is 57.9 Å². The van der Waals surface area contributed by atoms with Gasteiger partial charge in [-0.1, -0.05) is 6.07 Å². The molecule has 10 heteroatoms. The van der Waals surface area contributed by atoms with Gasteiger partial charge in [-0.2, -0.15) is 0 Å². The van der Waals surface area contributed by atoms with Crippen molar-refractivity contribution in [1.29, 1.82) is 0 Å². The second-order valence-electron chi connectivity index (χ2n) is 10.1. The van der Waals surface area contributed by atoms with Crippen molar-refractivity contribution in [2.24, 2.45) is 5.73 Å². The van der Waals surface area contributed by atoms with Gasteiger partial charge in [0.15, 0.2) is 18.1 Å². The molecule has 2 aliphatic heterocycles. The Hall–Kier alpha value is -2.95. The molecule has 3 N–H and O–H groups in total. The number of carbonyl (C=O) groups excluding carboxylic acids is 1. The summed E-state index contributed by atoms with van der Waals surface area (Å²) in [4.78, 5) is 25.0. The smallest absolute Gasteiger partial charge is 0.255 e. The molecule has 0 spiro atoms. The first-order valence-electron chi connectivity index (χ1n) is 12.3. The fourth-order valence-corrected chi connectivity index (χ4v) is 6.02. The standard InChI is InChI=1S/C26H33N5O4S/c1-26(2)11-18-21(13-35-26)36-25-23(18)24(28-15-29-25)30-17-6-8-31(9-7-17)12-16-4-5-19(20(10-16)33-3)34-14-22(27)32/h4-5,10,15,17H,6-9,11-14H2,1-3H3,(H2,27,32)(H,28,29,30). The average Bonchev–Trinajstić information content (AvgIpc) is 3.22. The van der Waals surface area contributed by atoms with Crippen LogP contribution in [0.2, 0.25) is 0 Å². The maximum atomic E-state index is 11.0. The molecule has 0 atom stereocenters. The normalized spacial score (nSPS) is 18.1. The summed E-state index contributed by atoms with van der Waals surface area (Å²) in [6.45, 7) is 7.54. The zero-order chi connectivity index (χ0) is 25.3. The quantitative estimate of drug-likeness (QED) is 0.473. The Kier molecular flexibility index (Phi) is 7.00. The molecule has 4 heterocycles. The molecule has 0 unspecified atom stereocenters. The first kappa shape index (κ1) is 24.7. The van der Waals surface area contributed by atoms with Crippen LogP contribution in [0.3, 0.4) is 0 Å². The highest BCUT2D eigenvalue weighted by atomic mass is 32.1. The maximum Gasteiger partial charge on any atom is 0.255 e. The lowest BCUT2D eigenvalue weighted by Gasteiger charge is -2.33. The molecule has 1 saturated heterocycles. The van der Waals surface area contributed by atoms with Crippen LogP contribution in [0.1, 0.15) is 42.7 Å². The van der Waals surface area contributed by atoms with Gasteiger partial charge in [0.25, 0.3) is 5.91 Å². The molecule has 1 aromatic carbocycles. The van der Waals surface area contributed by atoms with Gasteiger partial charge < -0.3 is 25.3 Å². The molecule has 5 rings (SSSR count). The van der Waals surface area contributed by atoms with E-state index in [9.17, 15) is 4.79 Å². The molecule has 1 fully saturated rings. The molecule has 36 heavy (non-hydrogen) atoms. The highest BCUT2D eigenvalue weighted by molar-refractivity contribution is 7.18. The van der Waals surface area contributed by atoms with E-state index < -0.39 is 5.91 Å². The van der Waals surface area contributed by atoms with E-state index in [2.05, 4.69) is 34.0 Å². The summed E-state index contributed by atoms with van der Waals surface area (Å²) >= 11 is 1.72. The zero-order valence-corrected chi connectivity index (χ0v) is 21.8. The van der Waals surface area contributed by atoms with Crippen molar-refractivity contribution in [3.8, 4) is 11.5 Å². The van der Waals surface area contributed by atoms with Gasteiger partial charge in [0, 0.05) is 37.0 Å². The van der Waals surface area contributed by atoms with Crippen molar-refractivity contribution in [3.63, 3.8) is 0 Å². The maximum absolute atomic E-state index is 11.0.